The van der Waals surface area contributed by atoms with Crippen molar-refractivity contribution in [1.29, 1.82) is 0 Å². The lowest BCUT2D eigenvalue weighted by molar-refractivity contribution is 0.177. The van der Waals surface area contributed by atoms with Gasteiger partial charge in [-0.25, -0.2) is 8.78 Å². The van der Waals surface area contributed by atoms with Crippen LogP contribution in [0.5, 0.6) is 11.5 Å². The number of benzene rings is 2. The van der Waals surface area contributed by atoms with Gasteiger partial charge in [0.15, 0.2) is 11.6 Å². The minimum atomic E-state index is -0.628. The Kier molecular flexibility index (Phi) is 5.04. The molecule has 2 fully saturated rings. The Balaban J connectivity index is 1.29. The zero-order chi connectivity index (χ0) is 19.0. The normalized spacial score (nSPS) is 26.1. The maximum Gasteiger partial charge on any atom is 0.167 e. The number of hydrogen-bond acceptors (Lipinski definition) is 3. The van der Waals surface area contributed by atoms with Crippen LogP contribution in [0.4, 0.5) is 8.78 Å². The summed E-state index contributed by atoms with van der Waals surface area (Å²) in [5.41, 5.74) is 1.23. The second kappa shape index (κ2) is 7.47. The van der Waals surface area contributed by atoms with Gasteiger partial charge in [0, 0.05) is 25.7 Å². The summed E-state index contributed by atoms with van der Waals surface area (Å²) in [4.78, 5) is 2.50. The van der Waals surface area contributed by atoms with Crippen LogP contribution in [-0.2, 0) is 0 Å². The van der Waals surface area contributed by atoms with Gasteiger partial charge in [-0.1, -0.05) is 19.1 Å². The number of rotatable bonds is 5. The molecule has 0 radical (unpaired) electrons. The van der Waals surface area contributed by atoms with Gasteiger partial charge in [-0.2, -0.15) is 0 Å². The zero-order valence-electron chi connectivity index (χ0n) is 15.4. The molecule has 2 aromatic rings. The maximum absolute atomic E-state index is 13.8. The number of nitrogens with zero attached hydrogens (tertiary/aromatic N) is 1. The first-order valence-corrected chi connectivity index (χ1v) is 9.61. The Bertz CT molecular complexity index is 781. The van der Waals surface area contributed by atoms with Crippen molar-refractivity contribution >= 4 is 0 Å². The number of halogens is 2. The standard InChI is InChI=1S/C22H25F2NO2/c1-14(15-2-5-19(26)6-3-15)11-25-12-16-8-20(9-17(16)13-25)27-22-7-4-18(23)10-21(22)24/h2-7,10,14,16-17,20,26H,8-9,11-13H2,1H3/t14?,16-,17+,20+. The molecule has 144 valence electrons. The molecule has 0 bridgehead atoms. The molecule has 5 heteroatoms. The molecule has 2 aliphatic rings. The quantitative estimate of drug-likeness (QED) is 0.834. The van der Waals surface area contributed by atoms with Gasteiger partial charge < -0.3 is 14.7 Å². The first-order valence-electron chi connectivity index (χ1n) is 9.61. The van der Waals surface area contributed by atoms with Crippen molar-refractivity contribution in [2.45, 2.75) is 31.8 Å². The van der Waals surface area contributed by atoms with Crippen LogP contribution < -0.4 is 4.74 Å². The molecule has 2 aromatic carbocycles. The number of fused-ring (bicyclic) bond motifs is 1. The molecule has 1 aliphatic heterocycles. The van der Waals surface area contributed by atoms with Crippen molar-refractivity contribution in [2.75, 3.05) is 19.6 Å². The van der Waals surface area contributed by atoms with E-state index in [1.165, 1.54) is 17.7 Å². The second-order valence-corrected chi connectivity index (χ2v) is 8.02. The molecule has 27 heavy (non-hydrogen) atoms. The average molecular weight is 373 g/mol. The zero-order valence-corrected chi connectivity index (χ0v) is 15.4. The van der Waals surface area contributed by atoms with Crippen LogP contribution in [-0.4, -0.2) is 35.7 Å². The molecule has 4 rings (SSSR count). The fraction of sp³-hybridized carbons (Fsp3) is 0.455. The van der Waals surface area contributed by atoms with Crippen LogP contribution in [0.3, 0.4) is 0 Å². The van der Waals surface area contributed by atoms with Crippen molar-refractivity contribution in [3.63, 3.8) is 0 Å². The summed E-state index contributed by atoms with van der Waals surface area (Å²) in [6.07, 6.45) is 1.86. The number of ether oxygens (including phenoxy) is 1. The van der Waals surface area contributed by atoms with E-state index >= 15 is 0 Å². The average Bonchev–Trinajstić information content (AvgIpc) is 3.15. The SMILES string of the molecule is CC(CN1C[C@H]2C[C@H](Oc3ccc(F)cc3F)C[C@H]2C1)c1ccc(O)cc1. The third kappa shape index (κ3) is 4.08. The summed E-state index contributed by atoms with van der Waals surface area (Å²) in [7, 11) is 0. The van der Waals surface area contributed by atoms with E-state index in [4.69, 9.17) is 4.74 Å². The largest absolute Gasteiger partial charge is 0.508 e. The molecule has 3 nitrogen and oxygen atoms in total. The van der Waals surface area contributed by atoms with Crippen LogP contribution in [0.1, 0.15) is 31.2 Å². The lowest BCUT2D eigenvalue weighted by Crippen LogP contribution is -2.28. The molecule has 0 amide bonds. The second-order valence-electron chi connectivity index (χ2n) is 8.02. The van der Waals surface area contributed by atoms with Crippen LogP contribution in [0.15, 0.2) is 42.5 Å². The van der Waals surface area contributed by atoms with E-state index in [0.717, 1.165) is 38.5 Å². The van der Waals surface area contributed by atoms with Gasteiger partial charge >= 0.3 is 0 Å². The van der Waals surface area contributed by atoms with Crippen molar-refractivity contribution in [2.24, 2.45) is 11.8 Å². The van der Waals surface area contributed by atoms with Gasteiger partial charge in [0.1, 0.15) is 11.6 Å². The first-order chi connectivity index (χ1) is 13.0. The van der Waals surface area contributed by atoms with E-state index in [2.05, 4.69) is 11.8 Å². The van der Waals surface area contributed by atoms with E-state index in [0.29, 0.717) is 23.5 Å². The summed E-state index contributed by atoms with van der Waals surface area (Å²) in [6.45, 7) is 5.29. The highest BCUT2D eigenvalue weighted by Gasteiger charge is 2.42. The third-order valence-electron chi connectivity index (χ3n) is 5.97. The number of phenolic OH excluding ortho intramolecular Hbond substituents is 1. The van der Waals surface area contributed by atoms with Gasteiger partial charge in [0.05, 0.1) is 6.10 Å². The van der Waals surface area contributed by atoms with Gasteiger partial charge in [-0.05, 0) is 60.4 Å². The molecule has 1 saturated carbocycles. The molecule has 1 unspecified atom stereocenters. The first kappa shape index (κ1) is 18.2. The van der Waals surface area contributed by atoms with E-state index in [1.807, 2.05) is 12.1 Å². The van der Waals surface area contributed by atoms with Crippen molar-refractivity contribution < 1.29 is 18.6 Å². The van der Waals surface area contributed by atoms with E-state index in [9.17, 15) is 13.9 Å². The molecule has 1 heterocycles. The molecule has 1 saturated heterocycles. The smallest absolute Gasteiger partial charge is 0.167 e. The van der Waals surface area contributed by atoms with Crippen LogP contribution >= 0.6 is 0 Å². The minimum absolute atomic E-state index is 0.0108. The molecule has 0 spiro atoms. The summed E-state index contributed by atoms with van der Waals surface area (Å²) in [6, 6.07) is 10.9. The molecular formula is C22H25F2NO2. The van der Waals surface area contributed by atoms with Crippen LogP contribution in [0.25, 0.3) is 0 Å². The highest BCUT2D eigenvalue weighted by Crippen LogP contribution is 2.40. The molecule has 1 N–H and O–H groups in total. The van der Waals surface area contributed by atoms with E-state index in [1.54, 1.807) is 12.1 Å². The predicted molar refractivity (Wildman–Crippen MR) is 99.9 cm³/mol. The predicted octanol–water partition coefficient (Wildman–Crippen LogP) is 4.56. The monoisotopic (exact) mass is 373 g/mol. The van der Waals surface area contributed by atoms with E-state index in [-0.39, 0.29) is 11.9 Å². The van der Waals surface area contributed by atoms with Gasteiger partial charge in [-0.3, -0.25) is 0 Å². The Hall–Kier alpha value is -2.14. The lowest BCUT2D eigenvalue weighted by Gasteiger charge is -2.23. The van der Waals surface area contributed by atoms with Gasteiger partial charge in [0.2, 0.25) is 0 Å². The van der Waals surface area contributed by atoms with Gasteiger partial charge in [-0.15, -0.1) is 0 Å². The lowest BCUT2D eigenvalue weighted by atomic mass is 10.0. The molecule has 4 atom stereocenters. The topological polar surface area (TPSA) is 32.7 Å². The van der Waals surface area contributed by atoms with Crippen molar-refractivity contribution in [1.82, 2.24) is 4.90 Å². The fourth-order valence-corrected chi connectivity index (χ4v) is 4.63. The summed E-state index contributed by atoms with van der Waals surface area (Å²) >= 11 is 0. The number of aromatic hydroxyl groups is 1. The molecule has 1 aliphatic carbocycles. The van der Waals surface area contributed by atoms with E-state index < -0.39 is 11.6 Å². The Morgan fingerprint density at radius 1 is 1.07 bits per heavy atom. The molecule has 0 aromatic heterocycles. The Morgan fingerprint density at radius 2 is 1.74 bits per heavy atom. The summed E-state index contributed by atoms with van der Waals surface area (Å²) in [5.74, 6) is 0.795. The van der Waals surface area contributed by atoms with Crippen molar-refractivity contribution in [3.05, 3.63) is 59.7 Å². The maximum atomic E-state index is 13.8. The number of likely N-dealkylation sites (tertiary alicyclic amines) is 1. The molecular weight excluding hydrogens is 348 g/mol. The Morgan fingerprint density at radius 3 is 2.37 bits per heavy atom. The highest BCUT2D eigenvalue weighted by molar-refractivity contribution is 5.28. The minimum Gasteiger partial charge on any atom is -0.508 e. The number of phenols is 1. The summed E-state index contributed by atoms with van der Waals surface area (Å²) < 4.78 is 32.6. The van der Waals surface area contributed by atoms with Crippen molar-refractivity contribution in [3.8, 4) is 11.5 Å². The highest BCUT2D eigenvalue weighted by atomic mass is 19.1. The fourth-order valence-electron chi connectivity index (χ4n) is 4.63. The number of hydrogen-bond donors (Lipinski definition) is 1. The summed E-state index contributed by atoms with van der Waals surface area (Å²) in [5, 5.41) is 9.43. The Labute approximate surface area is 158 Å². The van der Waals surface area contributed by atoms with Crippen LogP contribution in [0, 0.1) is 23.5 Å². The van der Waals surface area contributed by atoms with Gasteiger partial charge in [0.25, 0.3) is 0 Å². The van der Waals surface area contributed by atoms with Crippen LogP contribution in [0.2, 0.25) is 0 Å². The third-order valence-corrected chi connectivity index (χ3v) is 5.97.